The Kier molecular flexibility index (Phi) is 8.83. The second kappa shape index (κ2) is 12.0. The number of benzene rings is 4. The number of amides is 2. The third-order valence-corrected chi connectivity index (χ3v) is 7.43. The van der Waals surface area contributed by atoms with Crippen molar-refractivity contribution in [3.63, 3.8) is 0 Å². The number of rotatable bonds is 7. The Morgan fingerprint density at radius 3 is 1.97 bits per heavy atom. The zero-order chi connectivity index (χ0) is 25.7. The number of halogens is 4. The zero-order valence-corrected chi connectivity index (χ0v) is 22.3. The van der Waals surface area contributed by atoms with Gasteiger partial charge >= 0.3 is 0 Å². The average Bonchev–Trinajstić information content (AvgIpc) is 2.85. The van der Waals surface area contributed by atoms with Gasteiger partial charge in [-0.15, -0.1) is 11.8 Å². The number of nitrogens with one attached hydrogen (secondary N) is 2. The van der Waals surface area contributed by atoms with E-state index in [1.807, 2.05) is 42.5 Å². The minimum absolute atomic E-state index is 0.231. The minimum atomic E-state index is -0.550. The van der Waals surface area contributed by atoms with Gasteiger partial charge in [-0.3, -0.25) is 9.59 Å². The van der Waals surface area contributed by atoms with Crippen LogP contribution < -0.4 is 10.6 Å². The minimum Gasteiger partial charge on any atom is -0.323 e. The van der Waals surface area contributed by atoms with E-state index in [0.717, 1.165) is 10.5 Å². The Morgan fingerprint density at radius 1 is 0.694 bits per heavy atom. The lowest BCUT2D eigenvalue weighted by Crippen LogP contribution is -2.19. The number of anilines is 2. The molecule has 0 saturated carbocycles. The molecule has 2 amide bonds. The molecule has 0 aromatic heterocycles. The first kappa shape index (κ1) is 26.4. The molecule has 0 radical (unpaired) electrons. The van der Waals surface area contributed by atoms with Gasteiger partial charge in [-0.1, -0.05) is 76.7 Å². The Morgan fingerprint density at radius 2 is 1.33 bits per heavy atom. The molecule has 0 fully saturated rings. The number of hydrogen-bond donors (Lipinski definition) is 2. The maximum atomic E-state index is 13.3. The van der Waals surface area contributed by atoms with Crippen molar-refractivity contribution in [1.29, 1.82) is 0 Å². The molecule has 0 heterocycles. The molecule has 4 aromatic carbocycles. The monoisotopic (exact) mass is 574 g/mol. The van der Waals surface area contributed by atoms with Crippen LogP contribution in [0.5, 0.6) is 0 Å². The van der Waals surface area contributed by atoms with E-state index in [0.29, 0.717) is 32.0 Å². The van der Waals surface area contributed by atoms with Crippen LogP contribution in [0.3, 0.4) is 0 Å². The fraction of sp³-hybridized carbons (Fsp3) is 0.0370. The molecule has 4 aromatic rings. The second-order valence-corrected chi connectivity index (χ2v) is 10.5. The van der Waals surface area contributed by atoms with Gasteiger partial charge in [0.1, 0.15) is 5.25 Å². The van der Waals surface area contributed by atoms with Crippen molar-refractivity contribution >= 4 is 81.4 Å². The molecule has 0 spiro atoms. The molecule has 0 aliphatic carbocycles. The molecule has 9 heteroatoms. The quantitative estimate of drug-likeness (QED) is 0.216. The predicted octanol–water partition coefficient (Wildman–Crippen LogP) is 9.02. The third kappa shape index (κ3) is 6.75. The summed E-state index contributed by atoms with van der Waals surface area (Å²) in [6.45, 7) is 0. The van der Waals surface area contributed by atoms with Crippen LogP contribution in [-0.2, 0) is 4.79 Å². The van der Waals surface area contributed by atoms with Gasteiger partial charge in [-0.05, 0) is 66.2 Å². The largest absolute Gasteiger partial charge is 0.323 e. The van der Waals surface area contributed by atoms with Crippen LogP contribution in [-0.4, -0.2) is 11.8 Å². The van der Waals surface area contributed by atoms with E-state index < -0.39 is 5.25 Å². The number of carbonyl (C=O) groups is 2. The number of carbonyl (C=O) groups excluding carboxylic acids is 2. The summed E-state index contributed by atoms with van der Waals surface area (Å²) in [5.74, 6) is -0.580. The highest BCUT2D eigenvalue weighted by atomic mass is 35.5. The molecule has 1 unspecified atom stereocenters. The summed E-state index contributed by atoms with van der Waals surface area (Å²) in [7, 11) is 0. The van der Waals surface area contributed by atoms with Gasteiger partial charge in [0.25, 0.3) is 5.91 Å². The average molecular weight is 576 g/mol. The van der Waals surface area contributed by atoms with E-state index in [4.69, 9.17) is 46.4 Å². The molecule has 0 bridgehead atoms. The van der Waals surface area contributed by atoms with Gasteiger partial charge in [0.15, 0.2) is 0 Å². The summed E-state index contributed by atoms with van der Waals surface area (Å²) >= 11 is 25.6. The summed E-state index contributed by atoms with van der Waals surface area (Å²) in [5.41, 5.74) is 2.22. The Labute approximate surface area is 232 Å². The highest BCUT2D eigenvalue weighted by molar-refractivity contribution is 8.00. The lowest BCUT2D eigenvalue weighted by atomic mass is 10.1. The van der Waals surface area contributed by atoms with Crippen LogP contribution in [0.15, 0.2) is 95.9 Å². The third-order valence-electron chi connectivity index (χ3n) is 5.07. The van der Waals surface area contributed by atoms with Crippen LogP contribution in [0.25, 0.3) is 0 Å². The fourth-order valence-electron chi connectivity index (χ4n) is 3.31. The van der Waals surface area contributed by atoms with Gasteiger partial charge in [-0.25, -0.2) is 0 Å². The first-order chi connectivity index (χ1) is 17.3. The highest BCUT2D eigenvalue weighted by Gasteiger charge is 2.23. The smallest absolute Gasteiger partial charge is 0.257 e. The van der Waals surface area contributed by atoms with E-state index in [-0.39, 0.29) is 16.8 Å². The van der Waals surface area contributed by atoms with Crippen LogP contribution in [0, 0.1) is 0 Å². The van der Waals surface area contributed by atoms with E-state index in [9.17, 15) is 9.59 Å². The molecular weight excluding hydrogens is 558 g/mol. The summed E-state index contributed by atoms with van der Waals surface area (Å²) in [4.78, 5) is 26.7. The Hall–Kier alpha value is -2.67. The Bertz CT molecular complexity index is 1400. The van der Waals surface area contributed by atoms with Crippen molar-refractivity contribution in [3.8, 4) is 0 Å². The van der Waals surface area contributed by atoms with Gasteiger partial charge in [0.2, 0.25) is 5.91 Å². The molecular formula is C27H18Cl4N2O2S. The van der Waals surface area contributed by atoms with Crippen molar-refractivity contribution < 1.29 is 9.59 Å². The predicted molar refractivity (Wildman–Crippen MR) is 151 cm³/mol. The van der Waals surface area contributed by atoms with Crippen LogP contribution >= 0.6 is 58.2 Å². The summed E-state index contributed by atoms with van der Waals surface area (Å²) in [6.07, 6.45) is 0. The Balaban J connectivity index is 1.50. The summed E-state index contributed by atoms with van der Waals surface area (Å²) in [6, 6.07) is 26.2. The normalized spacial score (nSPS) is 11.6. The molecule has 4 rings (SSSR count). The second-order valence-electron chi connectivity index (χ2n) is 7.62. The van der Waals surface area contributed by atoms with Gasteiger partial charge in [0, 0.05) is 20.6 Å². The molecule has 182 valence electrons. The molecule has 1 atom stereocenters. The maximum Gasteiger partial charge on any atom is 0.257 e. The van der Waals surface area contributed by atoms with E-state index in [2.05, 4.69) is 10.6 Å². The van der Waals surface area contributed by atoms with Crippen molar-refractivity contribution in [1.82, 2.24) is 0 Å². The number of hydrogen-bond acceptors (Lipinski definition) is 3. The maximum absolute atomic E-state index is 13.3. The first-order valence-corrected chi connectivity index (χ1v) is 13.0. The number of thioether (sulfide) groups is 1. The lowest BCUT2D eigenvalue weighted by molar-refractivity contribution is -0.115. The topological polar surface area (TPSA) is 58.2 Å². The fourth-order valence-corrected chi connectivity index (χ4v) is 5.29. The van der Waals surface area contributed by atoms with Crippen LogP contribution in [0.4, 0.5) is 11.4 Å². The van der Waals surface area contributed by atoms with Crippen molar-refractivity contribution in [2.75, 3.05) is 10.6 Å². The van der Waals surface area contributed by atoms with Crippen molar-refractivity contribution in [3.05, 3.63) is 122 Å². The summed E-state index contributed by atoms with van der Waals surface area (Å²) in [5, 5.41) is 6.72. The van der Waals surface area contributed by atoms with E-state index in [1.165, 1.54) is 17.8 Å². The van der Waals surface area contributed by atoms with Gasteiger partial charge in [-0.2, -0.15) is 0 Å². The van der Waals surface area contributed by atoms with Crippen molar-refractivity contribution in [2.24, 2.45) is 0 Å². The molecule has 0 saturated heterocycles. The first-order valence-electron chi connectivity index (χ1n) is 10.6. The zero-order valence-electron chi connectivity index (χ0n) is 18.5. The summed E-state index contributed by atoms with van der Waals surface area (Å²) < 4.78 is 0. The standard InChI is InChI=1S/C27H18Cl4N2O2S/c28-17-6-12-21(22(30)14-17)26(34)32-19-8-10-20(11-9-19)36-25(16-4-2-1-3-5-16)27(35)33-24-13-7-18(29)15-23(24)31/h1-15,25H,(H,32,34)(H,33,35). The van der Waals surface area contributed by atoms with Crippen molar-refractivity contribution in [2.45, 2.75) is 10.1 Å². The SMILES string of the molecule is O=C(Nc1ccc(SC(C(=O)Nc2ccc(Cl)cc2Cl)c2ccccc2)cc1)c1ccc(Cl)cc1Cl. The van der Waals surface area contributed by atoms with Crippen LogP contribution in [0.1, 0.15) is 21.2 Å². The van der Waals surface area contributed by atoms with Crippen LogP contribution in [0.2, 0.25) is 20.1 Å². The van der Waals surface area contributed by atoms with E-state index >= 15 is 0 Å². The lowest BCUT2D eigenvalue weighted by Gasteiger charge is -2.18. The molecule has 36 heavy (non-hydrogen) atoms. The highest BCUT2D eigenvalue weighted by Crippen LogP contribution is 2.37. The molecule has 2 N–H and O–H groups in total. The van der Waals surface area contributed by atoms with Gasteiger partial charge < -0.3 is 10.6 Å². The molecule has 0 aliphatic rings. The van der Waals surface area contributed by atoms with E-state index in [1.54, 1.807) is 42.5 Å². The molecule has 4 nitrogen and oxygen atoms in total. The van der Waals surface area contributed by atoms with Gasteiger partial charge in [0.05, 0.1) is 21.3 Å². The molecule has 0 aliphatic heterocycles.